The van der Waals surface area contributed by atoms with Gasteiger partial charge in [0, 0.05) is 0 Å². The Kier molecular flexibility index (Phi) is 4.63. The van der Waals surface area contributed by atoms with Gasteiger partial charge in [0.2, 0.25) is 5.91 Å². The minimum absolute atomic E-state index is 0.146. The van der Waals surface area contributed by atoms with Crippen LogP contribution in [0.5, 0.6) is 0 Å². The third-order valence-corrected chi connectivity index (χ3v) is 3.38. The van der Waals surface area contributed by atoms with E-state index in [1.54, 1.807) is 12.3 Å². The Morgan fingerprint density at radius 3 is 2.58 bits per heavy atom. The largest absolute Gasteiger partial charge is 0.467 e. The number of alkyl halides is 1. The van der Waals surface area contributed by atoms with Crippen molar-refractivity contribution in [3.63, 3.8) is 0 Å². The number of carbonyl (C=O) groups is 1. The lowest BCUT2D eigenvalue weighted by Gasteiger charge is -2.17. The van der Waals surface area contributed by atoms with Crippen LogP contribution in [-0.4, -0.2) is 5.91 Å². The smallest absolute Gasteiger partial charge is 0.243 e. The molecule has 3 nitrogen and oxygen atoms in total. The summed E-state index contributed by atoms with van der Waals surface area (Å²) in [7, 11) is 0. The maximum absolute atomic E-state index is 12.1. The molecule has 0 aliphatic heterocycles. The Labute approximate surface area is 117 Å². The summed E-state index contributed by atoms with van der Waals surface area (Å²) in [6.45, 7) is 1.99. The van der Waals surface area contributed by atoms with Gasteiger partial charge in [0.25, 0.3) is 0 Å². The highest BCUT2D eigenvalue weighted by atomic mass is 35.5. The highest BCUT2D eigenvalue weighted by molar-refractivity contribution is 6.30. The van der Waals surface area contributed by atoms with Gasteiger partial charge in [-0.15, -0.1) is 11.6 Å². The average molecular weight is 278 g/mol. The van der Waals surface area contributed by atoms with E-state index in [0.717, 1.165) is 17.7 Å². The molecule has 1 amide bonds. The van der Waals surface area contributed by atoms with E-state index in [4.69, 9.17) is 16.0 Å². The molecule has 100 valence electrons. The topological polar surface area (TPSA) is 42.2 Å². The van der Waals surface area contributed by atoms with Crippen LogP contribution in [0.4, 0.5) is 0 Å². The maximum Gasteiger partial charge on any atom is 0.243 e. The average Bonchev–Trinajstić information content (AvgIpc) is 2.98. The van der Waals surface area contributed by atoms with Gasteiger partial charge in [-0.25, -0.2) is 0 Å². The first-order chi connectivity index (χ1) is 9.22. The van der Waals surface area contributed by atoms with E-state index in [1.165, 1.54) is 0 Å². The normalized spacial score (nSPS) is 13.8. The first kappa shape index (κ1) is 13.7. The van der Waals surface area contributed by atoms with Crippen molar-refractivity contribution < 1.29 is 9.21 Å². The highest BCUT2D eigenvalue weighted by Crippen LogP contribution is 2.23. The van der Waals surface area contributed by atoms with Gasteiger partial charge in [-0.2, -0.15) is 0 Å². The van der Waals surface area contributed by atoms with Crippen LogP contribution in [0.2, 0.25) is 0 Å². The van der Waals surface area contributed by atoms with E-state index >= 15 is 0 Å². The fraction of sp³-hybridized carbons (Fsp3) is 0.267. The second-order valence-electron chi connectivity index (χ2n) is 4.26. The lowest BCUT2D eigenvalue weighted by molar-refractivity contribution is -0.121. The van der Waals surface area contributed by atoms with Crippen molar-refractivity contribution in [2.45, 2.75) is 24.8 Å². The molecule has 0 aliphatic rings. The van der Waals surface area contributed by atoms with Crippen LogP contribution in [0.3, 0.4) is 0 Å². The molecule has 2 atom stereocenters. The van der Waals surface area contributed by atoms with Crippen LogP contribution < -0.4 is 5.32 Å². The second-order valence-corrected chi connectivity index (χ2v) is 4.69. The van der Waals surface area contributed by atoms with Crippen molar-refractivity contribution in [2.24, 2.45) is 0 Å². The molecular formula is C15H16ClNO2. The third kappa shape index (κ3) is 3.38. The quantitative estimate of drug-likeness (QED) is 0.844. The summed E-state index contributed by atoms with van der Waals surface area (Å²) in [5.41, 5.74) is 0.788. The van der Waals surface area contributed by atoms with Crippen LogP contribution in [0, 0.1) is 0 Å². The summed E-state index contributed by atoms with van der Waals surface area (Å²) in [4.78, 5) is 12.1. The summed E-state index contributed by atoms with van der Waals surface area (Å²) in [5, 5.41) is 2.21. The number of hydrogen-bond donors (Lipinski definition) is 1. The van der Waals surface area contributed by atoms with Crippen molar-refractivity contribution in [1.29, 1.82) is 0 Å². The van der Waals surface area contributed by atoms with Gasteiger partial charge in [-0.05, 0) is 24.1 Å². The number of benzene rings is 1. The van der Waals surface area contributed by atoms with Crippen molar-refractivity contribution in [2.75, 3.05) is 0 Å². The molecule has 0 bridgehead atoms. The minimum Gasteiger partial charge on any atom is -0.467 e. The van der Waals surface area contributed by atoms with E-state index < -0.39 is 5.38 Å². The molecule has 2 unspecified atom stereocenters. The summed E-state index contributed by atoms with van der Waals surface area (Å²) in [6, 6.07) is 12.8. The van der Waals surface area contributed by atoms with Gasteiger partial charge in [0.05, 0.1) is 12.3 Å². The number of nitrogens with one attached hydrogen (secondary N) is 1. The minimum atomic E-state index is -0.690. The maximum atomic E-state index is 12.1. The number of furan rings is 1. The Hall–Kier alpha value is -1.74. The van der Waals surface area contributed by atoms with Crippen LogP contribution in [-0.2, 0) is 4.79 Å². The zero-order chi connectivity index (χ0) is 13.7. The summed E-state index contributed by atoms with van der Waals surface area (Å²) >= 11 is 6.18. The summed E-state index contributed by atoms with van der Waals surface area (Å²) in [6.07, 6.45) is 2.34. The number of hydrogen-bond acceptors (Lipinski definition) is 2. The SMILES string of the molecule is CCC(NC(=O)C(Cl)c1ccccc1)c1ccco1. The lowest BCUT2D eigenvalue weighted by Crippen LogP contribution is -2.30. The number of halogens is 1. The van der Waals surface area contributed by atoms with E-state index in [2.05, 4.69) is 5.32 Å². The molecule has 1 N–H and O–H groups in total. The molecule has 1 aromatic heterocycles. The van der Waals surface area contributed by atoms with Crippen molar-refractivity contribution >= 4 is 17.5 Å². The molecule has 0 spiro atoms. The highest BCUT2D eigenvalue weighted by Gasteiger charge is 2.22. The van der Waals surface area contributed by atoms with Gasteiger partial charge < -0.3 is 9.73 Å². The van der Waals surface area contributed by atoms with Gasteiger partial charge in [-0.1, -0.05) is 37.3 Å². The summed E-state index contributed by atoms with van der Waals surface area (Å²) < 4.78 is 5.32. The summed E-state index contributed by atoms with van der Waals surface area (Å²) in [5.74, 6) is 0.531. The molecular weight excluding hydrogens is 262 g/mol. The third-order valence-electron chi connectivity index (χ3n) is 2.93. The monoisotopic (exact) mass is 277 g/mol. The molecule has 19 heavy (non-hydrogen) atoms. The Balaban J connectivity index is 2.04. The van der Waals surface area contributed by atoms with Gasteiger partial charge >= 0.3 is 0 Å². The second kappa shape index (κ2) is 6.43. The molecule has 2 aromatic rings. The molecule has 0 radical (unpaired) electrons. The number of carbonyl (C=O) groups excluding carboxylic acids is 1. The zero-order valence-corrected chi connectivity index (χ0v) is 11.4. The Morgan fingerprint density at radius 1 is 1.26 bits per heavy atom. The van der Waals surface area contributed by atoms with E-state index in [9.17, 15) is 4.79 Å². The predicted molar refractivity (Wildman–Crippen MR) is 74.9 cm³/mol. The van der Waals surface area contributed by atoms with E-state index in [-0.39, 0.29) is 11.9 Å². The number of amides is 1. The van der Waals surface area contributed by atoms with Gasteiger partial charge in [0.1, 0.15) is 11.1 Å². The molecule has 0 aliphatic carbocycles. The van der Waals surface area contributed by atoms with Crippen molar-refractivity contribution in [3.8, 4) is 0 Å². The van der Waals surface area contributed by atoms with E-state index in [0.29, 0.717) is 0 Å². The molecule has 1 heterocycles. The van der Waals surface area contributed by atoms with Crippen LogP contribution in [0.15, 0.2) is 53.1 Å². The van der Waals surface area contributed by atoms with Crippen molar-refractivity contribution in [3.05, 3.63) is 60.1 Å². The van der Waals surface area contributed by atoms with Gasteiger partial charge in [-0.3, -0.25) is 4.79 Å². The van der Waals surface area contributed by atoms with Crippen LogP contribution >= 0.6 is 11.6 Å². The molecule has 0 saturated carbocycles. The van der Waals surface area contributed by atoms with E-state index in [1.807, 2.05) is 43.3 Å². The first-order valence-corrected chi connectivity index (χ1v) is 6.68. The van der Waals surface area contributed by atoms with Crippen molar-refractivity contribution in [1.82, 2.24) is 5.32 Å². The zero-order valence-electron chi connectivity index (χ0n) is 10.7. The Morgan fingerprint density at radius 2 is 2.00 bits per heavy atom. The first-order valence-electron chi connectivity index (χ1n) is 6.25. The van der Waals surface area contributed by atoms with Crippen LogP contribution in [0.25, 0.3) is 0 Å². The molecule has 4 heteroatoms. The fourth-order valence-electron chi connectivity index (χ4n) is 1.88. The number of rotatable bonds is 5. The molecule has 2 rings (SSSR count). The van der Waals surface area contributed by atoms with Crippen LogP contribution in [0.1, 0.15) is 36.1 Å². The predicted octanol–water partition coefficient (Wildman–Crippen LogP) is 3.83. The molecule has 0 saturated heterocycles. The standard InChI is InChI=1S/C15H16ClNO2/c1-2-12(13-9-6-10-19-13)17-15(18)14(16)11-7-4-3-5-8-11/h3-10,12,14H,2H2,1H3,(H,17,18). The van der Waals surface area contributed by atoms with Gasteiger partial charge in [0.15, 0.2) is 0 Å². The molecule has 1 aromatic carbocycles. The Bertz CT molecular complexity index is 510. The fourth-order valence-corrected chi connectivity index (χ4v) is 2.09. The molecule has 0 fully saturated rings. The lowest BCUT2D eigenvalue weighted by atomic mass is 10.1.